The third kappa shape index (κ3) is 2.73. The molecular formula is C11H13F3N4. The molecule has 0 radical (unpaired) electrons. The molecule has 2 N–H and O–H groups in total. The molecule has 0 aromatic carbocycles. The minimum absolute atomic E-state index is 0.136. The summed E-state index contributed by atoms with van der Waals surface area (Å²) in [6.45, 7) is -0.737. The number of aromatic nitrogens is 2. The lowest BCUT2D eigenvalue weighted by atomic mass is 10.3. The molecule has 0 fully saturated rings. The molecule has 2 aromatic rings. The minimum atomic E-state index is -4.27. The second-order valence-corrected chi connectivity index (χ2v) is 3.86. The number of nitrogens with two attached hydrogens (primary N) is 1. The van der Waals surface area contributed by atoms with E-state index in [2.05, 4.69) is 4.98 Å². The van der Waals surface area contributed by atoms with E-state index >= 15 is 0 Å². The van der Waals surface area contributed by atoms with Gasteiger partial charge in [-0.25, -0.2) is 4.98 Å². The molecular weight excluding hydrogens is 245 g/mol. The molecule has 0 aliphatic heterocycles. The normalized spacial score (nSPS) is 12.0. The topological polar surface area (TPSA) is 46.6 Å². The van der Waals surface area contributed by atoms with E-state index in [1.165, 1.54) is 4.90 Å². The molecule has 0 saturated heterocycles. The van der Waals surface area contributed by atoms with Gasteiger partial charge in [0.15, 0.2) is 0 Å². The van der Waals surface area contributed by atoms with Crippen molar-refractivity contribution in [1.82, 2.24) is 9.38 Å². The van der Waals surface area contributed by atoms with Crippen LogP contribution in [0.1, 0.15) is 0 Å². The first kappa shape index (κ1) is 12.7. The van der Waals surface area contributed by atoms with E-state index < -0.39 is 12.7 Å². The standard InChI is InChI=1S/C11H13F3N4/c12-11(13,14)8-17(6-4-15)10-3-1-2-9-16-5-7-18(9)10/h1-3,5,7H,4,6,8,15H2. The van der Waals surface area contributed by atoms with Gasteiger partial charge in [-0.2, -0.15) is 13.2 Å². The van der Waals surface area contributed by atoms with Crippen molar-refractivity contribution in [3.05, 3.63) is 30.6 Å². The third-order valence-electron chi connectivity index (χ3n) is 2.50. The summed E-state index contributed by atoms with van der Waals surface area (Å²) in [5, 5.41) is 0. The van der Waals surface area contributed by atoms with Crippen LogP contribution in [-0.4, -0.2) is 35.2 Å². The number of pyridine rings is 1. The van der Waals surface area contributed by atoms with Crippen LogP contribution in [0.4, 0.5) is 19.0 Å². The summed E-state index contributed by atoms with van der Waals surface area (Å²) in [7, 11) is 0. The Hall–Kier alpha value is -1.76. The smallest absolute Gasteiger partial charge is 0.347 e. The Morgan fingerprint density at radius 3 is 2.78 bits per heavy atom. The summed E-state index contributed by atoms with van der Waals surface area (Å²) >= 11 is 0. The Balaban J connectivity index is 2.38. The fourth-order valence-electron chi connectivity index (χ4n) is 1.84. The number of rotatable bonds is 4. The average molecular weight is 258 g/mol. The maximum atomic E-state index is 12.5. The molecule has 18 heavy (non-hydrogen) atoms. The van der Waals surface area contributed by atoms with Crippen molar-refractivity contribution in [2.45, 2.75) is 6.18 Å². The monoisotopic (exact) mass is 258 g/mol. The molecule has 2 rings (SSSR count). The maximum Gasteiger partial charge on any atom is 0.405 e. The predicted octanol–water partition coefficient (Wildman–Crippen LogP) is 1.66. The van der Waals surface area contributed by atoms with Crippen molar-refractivity contribution < 1.29 is 13.2 Å². The number of alkyl halides is 3. The second kappa shape index (κ2) is 4.85. The van der Waals surface area contributed by atoms with Gasteiger partial charge < -0.3 is 10.6 Å². The molecule has 0 spiro atoms. The number of anilines is 1. The van der Waals surface area contributed by atoms with Gasteiger partial charge in [-0.15, -0.1) is 0 Å². The van der Waals surface area contributed by atoms with Gasteiger partial charge in [0.25, 0.3) is 0 Å². The van der Waals surface area contributed by atoms with Gasteiger partial charge in [-0.05, 0) is 12.1 Å². The number of hydrogen-bond acceptors (Lipinski definition) is 3. The Morgan fingerprint density at radius 2 is 2.11 bits per heavy atom. The van der Waals surface area contributed by atoms with Crippen LogP contribution in [-0.2, 0) is 0 Å². The first-order chi connectivity index (χ1) is 8.51. The van der Waals surface area contributed by atoms with Crippen LogP contribution in [0.2, 0.25) is 0 Å². The third-order valence-corrected chi connectivity index (χ3v) is 2.50. The molecule has 0 atom stereocenters. The van der Waals surface area contributed by atoms with Gasteiger partial charge in [-0.3, -0.25) is 4.40 Å². The molecule has 2 aromatic heterocycles. The van der Waals surface area contributed by atoms with Crippen molar-refractivity contribution in [2.24, 2.45) is 5.73 Å². The van der Waals surface area contributed by atoms with E-state index in [-0.39, 0.29) is 13.1 Å². The van der Waals surface area contributed by atoms with Crippen LogP contribution in [0.15, 0.2) is 30.6 Å². The fraction of sp³-hybridized carbons (Fsp3) is 0.364. The number of fused-ring (bicyclic) bond motifs is 1. The SMILES string of the molecule is NCCN(CC(F)(F)F)c1cccc2nccn12. The molecule has 0 aliphatic rings. The van der Waals surface area contributed by atoms with Gasteiger partial charge >= 0.3 is 6.18 Å². The molecule has 2 heterocycles. The van der Waals surface area contributed by atoms with Gasteiger partial charge in [0.05, 0.1) is 0 Å². The van der Waals surface area contributed by atoms with Gasteiger partial charge in [-0.1, -0.05) is 6.07 Å². The zero-order valence-corrected chi connectivity index (χ0v) is 9.56. The molecule has 0 bridgehead atoms. The Bertz CT molecular complexity index is 520. The molecule has 4 nitrogen and oxygen atoms in total. The summed E-state index contributed by atoms with van der Waals surface area (Å²) in [6.07, 6.45) is -1.09. The largest absolute Gasteiger partial charge is 0.405 e. The van der Waals surface area contributed by atoms with Gasteiger partial charge in [0.2, 0.25) is 0 Å². The van der Waals surface area contributed by atoms with Crippen molar-refractivity contribution in [1.29, 1.82) is 0 Å². The zero-order valence-electron chi connectivity index (χ0n) is 9.56. The van der Waals surface area contributed by atoms with Crippen LogP contribution < -0.4 is 10.6 Å². The number of imidazole rings is 1. The maximum absolute atomic E-state index is 12.5. The lowest BCUT2D eigenvalue weighted by Gasteiger charge is -2.26. The number of nitrogens with zero attached hydrogens (tertiary/aromatic N) is 3. The molecule has 0 saturated carbocycles. The van der Waals surface area contributed by atoms with E-state index in [9.17, 15) is 13.2 Å². The van der Waals surface area contributed by atoms with Gasteiger partial charge in [0.1, 0.15) is 18.0 Å². The van der Waals surface area contributed by atoms with Crippen molar-refractivity contribution in [3.63, 3.8) is 0 Å². The van der Waals surface area contributed by atoms with Crippen molar-refractivity contribution in [2.75, 3.05) is 24.5 Å². The van der Waals surface area contributed by atoms with E-state index in [0.29, 0.717) is 11.5 Å². The van der Waals surface area contributed by atoms with Crippen LogP contribution >= 0.6 is 0 Å². The fourth-order valence-corrected chi connectivity index (χ4v) is 1.84. The highest BCUT2D eigenvalue weighted by atomic mass is 19.4. The lowest BCUT2D eigenvalue weighted by Crippen LogP contribution is -2.38. The minimum Gasteiger partial charge on any atom is -0.347 e. The van der Waals surface area contributed by atoms with Crippen LogP contribution in [0.25, 0.3) is 5.65 Å². The van der Waals surface area contributed by atoms with Crippen LogP contribution in [0, 0.1) is 0 Å². The average Bonchev–Trinajstić information content (AvgIpc) is 2.74. The highest BCUT2D eigenvalue weighted by Gasteiger charge is 2.31. The summed E-state index contributed by atoms with van der Waals surface area (Å²) in [4.78, 5) is 5.25. The zero-order chi connectivity index (χ0) is 13.2. The van der Waals surface area contributed by atoms with E-state index in [4.69, 9.17) is 5.73 Å². The molecule has 0 aliphatic carbocycles. The number of halogens is 3. The molecule has 7 heteroatoms. The van der Waals surface area contributed by atoms with Crippen molar-refractivity contribution >= 4 is 11.5 Å². The Labute approximate surface area is 102 Å². The Morgan fingerprint density at radius 1 is 1.33 bits per heavy atom. The molecule has 0 amide bonds. The Kier molecular flexibility index (Phi) is 3.42. The second-order valence-electron chi connectivity index (χ2n) is 3.86. The van der Waals surface area contributed by atoms with E-state index in [0.717, 1.165) is 0 Å². The molecule has 98 valence electrons. The highest BCUT2D eigenvalue weighted by Crippen LogP contribution is 2.22. The summed E-state index contributed by atoms with van der Waals surface area (Å²) in [5.41, 5.74) is 5.98. The lowest BCUT2D eigenvalue weighted by molar-refractivity contribution is -0.119. The molecule has 0 unspecified atom stereocenters. The number of hydrogen-bond donors (Lipinski definition) is 1. The summed E-state index contributed by atoms with van der Waals surface area (Å²) in [5.74, 6) is 0.438. The van der Waals surface area contributed by atoms with Crippen molar-refractivity contribution in [3.8, 4) is 0 Å². The highest BCUT2D eigenvalue weighted by molar-refractivity contribution is 5.51. The van der Waals surface area contributed by atoms with Gasteiger partial charge in [0, 0.05) is 25.5 Å². The summed E-state index contributed by atoms with van der Waals surface area (Å²) in [6, 6.07) is 5.03. The van der Waals surface area contributed by atoms with E-state index in [1.54, 1.807) is 35.0 Å². The summed E-state index contributed by atoms with van der Waals surface area (Å²) < 4.78 is 39.2. The quantitative estimate of drug-likeness (QED) is 0.907. The first-order valence-electron chi connectivity index (χ1n) is 5.45. The first-order valence-corrected chi connectivity index (χ1v) is 5.45. The van der Waals surface area contributed by atoms with Crippen LogP contribution in [0.5, 0.6) is 0 Å². The van der Waals surface area contributed by atoms with Crippen LogP contribution in [0.3, 0.4) is 0 Å². The van der Waals surface area contributed by atoms with E-state index in [1.807, 2.05) is 0 Å². The predicted molar refractivity (Wildman–Crippen MR) is 62.5 cm³/mol.